The average Bonchev–Trinajstić information content (AvgIpc) is 2.96. The van der Waals surface area contributed by atoms with Crippen LogP contribution in [0.5, 0.6) is 0 Å². The van der Waals surface area contributed by atoms with Crippen molar-refractivity contribution in [3.8, 4) is 0 Å². The van der Waals surface area contributed by atoms with E-state index in [-0.39, 0.29) is 5.38 Å². The van der Waals surface area contributed by atoms with Gasteiger partial charge in [-0.1, -0.05) is 6.92 Å². The van der Waals surface area contributed by atoms with Crippen molar-refractivity contribution in [2.45, 2.75) is 51.5 Å². The Labute approximate surface area is 118 Å². The molecule has 0 amide bonds. The third-order valence-corrected chi connectivity index (χ3v) is 4.45. The zero-order valence-corrected chi connectivity index (χ0v) is 12.8. The predicted molar refractivity (Wildman–Crippen MR) is 77.6 cm³/mol. The molecule has 3 rings (SSSR count). The predicted octanol–water partition coefficient (Wildman–Crippen LogP) is 3.74. The highest BCUT2D eigenvalue weighted by molar-refractivity contribution is 6.20. The van der Waals surface area contributed by atoms with Gasteiger partial charge in [-0.2, -0.15) is 5.10 Å². The topological polar surface area (TPSA) is 35.6 Å². The fraction of sp³-hybridized carbons (Fsp3) is 0.714. The third kappa shape index (κ3) is 1.97. The number of nitrogens with zero attached hydrogens (tertiary/aromatic N) is 4. The summed E-state index contributed by atoms with van der Waals surface area (Å²) in [6.45, 7) is 6.34. The Kier molecular flexibility index (Phi) is 3.08. The van der Waals surface area contributed by atoms with Crippen molar-refractivity contribution < 1.29 is 0 Å². The molecular weight excluding hydrogens is 260 g/mol. The van der Waals surface area contributed by atoms with E-state index in [9.17, 15) is 0 Å². The molecule has 0 spiro atoms. The van der Waals surface area contributed by atoms with Crippen molar-refractivity contribution >= 4 is 22.8 Å². The van der Waals surface area contributed by atoms with E-state index in [1.54, 1.807) is 0 Å². The Bertz CT molecular complexity index is 611. The lowest BCUT2D eigenvalue weighted by Crippen LogP contribution is -2.12. The smallest absolute Gasteiger partial charge is 0.158 e. The summed E-state index contributed by atoms with van der Waals surface area (Å²) in [5.74, 6) is 1.78. The molecule has 0 radical (unpaired) electrons. The van der Waals surface area contributed by atoms with Crippen LogP contribution in [-0.2, 0) is 7.05 Å². The van der Waals surface area contributed by atoms with Crippen LogP contribution >= 0.6 is 11.6 Å². The van der Waals surface area contributed by atoms with Crippen molar-refractivity contribution in [1.82, 2.24) is 19.3 Å². The van der Waals surface area contributed by atoms with Gasteiger partial charge in [0.15, 0.2) is 5.65 Å². The van der Waals surface area contributed by atoms with Gasteiger partial charge in [0.05, 0.1) is 11.1 Å². The van der Waals surface area contributed by atoms with Crippen molar-refractivity contribution in [2.75, 3.05) is 0 Å². The number of fused-ring (bicyclic) bond motifs is 1. The first-order valence-electron chi connectivity index (χ1n) is 7.04. The Morgan fingerprint density at radius 3 is 2.68 bits per heavy atom. The van der Waals surface area contributed by atoms with Gasteiger partial charge in [0, 0.05) is 13.1 Å². The van der Waals surface area contributed by atoms with E-state index < -0.39 is 0 Å². The second-order valence-electron chi connectivity index (χ2n) is 5.91. The first-order valence-corrected chi connectivity index (χ1v) is 7.48. The molecule has 2 aromatic rings. The first kappa shape index (κ1) is 13.0. The molecule has 0 N–H and O–H groups in total. The summed E-state index contributed by atoms with van der Waals surface area (Å²) in [5.41, 5.74) is 3.12. The Hall–Kier alpha value is -1.03. The van der Waals surface area contributed by atoms with Gasteiger partial charge in [-0.05, 0) is 39.0 Å². The highest BCUT2D eigenvalue weighted by Crippen LogP contribution is 2.39. The molecular formula is C14H21ClN4. The number of imidazole rings is 1. The van der Waals surface area contributed by atoms with Crippen LogP contribution in [0.25, 0.3) is 11.2 Å². The standard InChI is InChI=1S/C14H21ClN4/c1-8-5-6-11(7-8)19-13(9(2)15)16-12-10(3)17-18(4)14(12)19/h8-9,11H,5-7H2,1-4H3. The second kappa shape index (κ2) is 4.51. The number of hydrogen-bond acceptors (Lipinski definition) is 2. The zero-order valence-electron chi connectivity index (χ0n) is 12.0. The third-order valence-electron chi connectivity index (χ3n) is 4.25. The highest BCUT2D eigenvalue weighted by atomic mass is 35.5. The molecule has 0 saturated heterocycles. The molecule has 1 fully saturated rings. The molecule has 2 aromatic heterocycles. The van der Waals surface area contributed by atoms with Gasteiger partial charge >= 0.3 is 0 Å². The molecule has 3 atom stereocenters. The van der Waals surface area contributed by atoms with Crippen LogP contribution in [0.3, 0.4) is 0 Å². The molecule has 0 aliphatic heterocycles. The van der Waals surface area contributed by atoms with E-state index in [0.29, 0.717) is 6.04 Å². The molecule has 1 saturated carbocycles. The van der Waals surface area contributed by atoms with Crippen molar-refractivity contribution in [2.24, 2.45) is 13.0 Å². The number of aromatic nitrogens is 4. The summed E-state index contributed by atoms with van der Waals surface area (Å²) in [4.78, 5) is 4.75. The summed E-state index contributed by atoms with van der Waals surface area (Å²) in [6, 6.07) is 0.519. The minimum absolute atomic E-state index is 0.0669. The number of alkyl halides is 1. The summed E-state index contributed by atoms with van der Waals surface area (Å²) in [6.07, 6.45) is 3.72. The molecule has 0 aromatic carbocycles. The summed E-state index contributed by atoms with van der Waals surface area (Å²) < 4.78 is 4.29. The van der Waals surface area contributed by atoms with Crippen LogP contribution in [0, 0.1) is 12.8 Å². The van der Waals surface area contributed by atoms with Gasteiger partial charge in [-0.25, -0.2) is 4.98 Å². The monoisotopic (exact) mass is 280 g/mol. The largest absolute Gasteiger partial charge is 0.309 e. The van der Waals surface area contributed by atoms with Crippen molar-refractivity contribution in [3.05, 3.63) is 11.5 Å². The highest BCUT2D eigenvalue weighted by Gasteiger charge is 2.29. The average molecular weight is 281 g/mol. The fourth-order valence-corrected chi connectivity index (χ4v) is 3.52. The van der Waals surface area contributed by atoms with E-state index in [0.717, 1.165) is 28.6 Å². The van der Waals surface area contributed by atoms with Crippen LogP contribution in [0.15, 0.2) is 0 Å². The number of aryl methyl sites for hydroxylation is 2. The maximum Gasteiger partial charge on any atom is 0.158 e. The van der Waals surface area contributed by atoms with Crippen LogP contribution in [0.1, 0.15) is 56.0 Å². The molecule has 2 heterocycles. The Balaban J connectivity index is 2.21. The number of hydrogen-bond donors (Lipinski definition) is 0. The SMILES string of the molecule is Cc1nn(C)c2c1nc(C(C)Cl)n2C1CCC(C)C1. The molecule has 0 bridgehead atoms. The second-order valence-corrected chi connectivity index (χ2v) is 6.56. The van der Waals surface area contributed by atoms with E-state index in [4.69, 9.17) is 16.6 Å². The minimum atomic E-state index is -0.0669. The maximum absolute atomic E-state index is 6.34. The quantitative estimate of drug-likeness (QED) is 0.786. The van der Waals surface area contributed by atoms with Crippen molar-refractivity contribution in [1.29, 1.82) is 0 Å². The summed E-state index contributed by atoms with van der Waals surface area (Å²) in [7, 11) is 1.99. The molecule has 4 nitrogen and oxygen atoms in total. The maximum atomic E-state index is 6.34. The van der Waals surface area contributed by atoms with E-state index in [1.165, 1.54) is 19.3 Å². The van der Waals surface area contributed by atoms with E-state index in [1.807, 2.05) is 25.6 Å². The molecule has 19 heavy (non-hydrogen) atoms. The van der Waals surface area contributed by atoms with Gasteiger partial charge in [0.25, 0.3) is 0 Å². The van der Waals surface area contributed by atoms with Gasteiger partial charge in [-0.15, -0.1) is 11.6 Å². The lowest BCUT2D eigenvalue weighted by molar-refractivity contribution is 0.479. The lowest BCUT2D eigenvalue weighted by atomic mass is 10.1. The van der Waals surface area contributed by atoms with Crippen LogP contribution in [0.2, 0.25) is 0 Å². The first-order chi connectivity index (χ1) is 8.99. The van der Waals surface area contributed by atoms with E-state index in [2.05, 4.69) is 16.6 Å². The molecule has 1 aliphatic rings. The molecule has 3 unspecified atom stereocenters. The summed E-state index contributed by atoms with van der Waals surface area (Å²) in [5, 5.41) is 4.43. The number of rotatable bonds is 2. The zero-order chi connectivity index (χ0) is 13.7. The lowest BCUT2D eigenvalue weighted by Gasteiger charge is -2.18. The molecule has 1 aliphatic carbocycles. The number of halogens is 1. The minimum Gasteiger partial charge on any atom is -0.309 e. The van der Waals surface area contributed by atoms with Crippen molar-refractivity contribution in [3.63, 3.8) is 0 Å². The van der Waals surface area contributed by atoms with Gasteiger partial charge in [0.1, 0.15) is 11.3 Å². The van der Waals surface area contributed by atoms with Gasteiger partial charge < -0.3 is 4.57 Å². The summed E-state index contributed by atoms with van der Waals surface area (Å²) >= 11 is 6.34. The Morgan fingerprint density at radius 1 is 1.37 bits per heavy atom. The van der Waals surface area contributed by atoms with Gasteiger partial charge in [0.2, 0.25) is 0 Å². The normalized spacial score (nSPS) is 25.3. The Morgan fingerprint density at radius 2 is 2.11 bits per heavy atom. The fourth-order valence-electron chi connectivity index (χ4n) is 3.36. The van der Waals surface area contributed by atoms with E-state index >= 15 is 0 Å². The van der Waals surface area contributed by atoms with Crippen LogP contribution in [-0.4, -0.2) is 19.3 Å². The molecule has 5 heteroatoms. The molecule has 104 valence electrons. The van der Waals surface area contributed by atoms with Crippen LogP contribution in [0.4, 0.5) is 0 Å². The van der Waals surface area contributed by atoms with Crippen LogP contribution < -0.4 is 0 Å². The van der Waals surface area contributed by atoms with Gasteiger partial charge in [-0.3, -0.25) is 4.68 Å².